The number of benzene rings is 3. The Morgan fingerprint density at radius 2 is 1.50 bits per heavy atom. The van der Waals surface area contributed by atoms with Crippen LogP contribution in [0.4, 0.5) is 0 Å². The molecule has 3 rings (SSSR count). The van der Waals surface area contributed by atoms with Crippen molar-refractivity contribution in [3.8, 4) is 17.2 Å². The molecule has 0 saturated heterocycles. The molecule has 0 aliphatic rings. The molecule has 0 bridgehead atoms. The lowest BCUT2D eigenvalue weighted by Crippen LogP contribution is -1.96. The van der Waals surface area contributed by atoms with Gasteiger partial charge in [0.05, 0.1) is 6.61 Å². The van der Waals surface area contributed by atoms with Gasteiger partial charge in [0.1, 0.15) is 17.2 Å². The number of fused-ring (bicyclic) bond motifs is 1. The van der Waals surface area contributed by atoms with E-state index in [0.717, 1.165) is 42.1 Å². The van der Waals surface area contributed by atoms with Gasteiger partial charge in [-0.25, -0.2) is 0 Å². The molecule has 3 aromatic carbocycles. The maximum Gasteiger partial charge on any atom is 0.135 e. The van der Waals surface area contributed by atoms with Crippen LogP contribution in [0.5, 0.6) is 17.2 Å². The highest BCUT2D eigenvalue weighted by molar-refractivity contribution is 5.88. The second kappa shape index (κ2) is 6.99. The molecule has 0 aliphatic heterocycles. The molecule has 3 aromatic rings. The van der Waals surface area contributed by atoms with Gasteiger partial charge >= 0.3 is 0 Å². The average molecular weight is 292 g/mol. The predicted molar refractivity (Wildman–Crippen MR) is 90.9 cm³/mol. The van der Waals surface area contributed by atoms with Gasteiger partial charge in [-0.15, -0.1) is 0 Å². The van der Waals surface area contributed by atoms with Crippen molar-refractivity contribution in [1.29, 1.82) is 0 Å². The summed E-state index contributed by atoms with van der Waals surface area (Å²) in [5, 5.41) is 2.30. The summed E-state index contributed by atoms with van der Waals surface area (Å²) in [6.07, 6.45) is 2.22. The molecule has 0 aromatic heterocycles. The molecule has 22 heavy (non-hydrogen) atoms. The van der Waals surface area contributed by atoms with Gasteiger partial charge in [-0.05, 0) is 42.1 Å². The minimum atomic E-state index is 0.764. The van der Waals surface area contributed by atoms with Crippen molar-refractivity contribution < 1.29 is 9.47 Å². The number of ether oxygens (including phenoxy) is 2. The van der Waals surface area contributed by atoms with Crippen molar-refractivity contribution in [2.24, 2.45) is 0 Å². The van der Waals surface area contributed by atoms with Crippen LogP contribution in [0.1, 0.15) is 19.8 Å². The van der Waals surface area contributed by atoms with Crippen molar-refractivity contribution in [2.45, 2.75) is 19.8 Å². The summed E-state index contributed by atoms with van der Waals surface area (Å²) in [6, 6.07) is 22.1. The summed E-state index contributed by atoms with van der Waals surface area (Å²) in [6.45, 7) is 2.92. The van der Waals surface area contributed by atoms with Gasteiger partial charge in [0, 0.05) is 5.39 Å². The molecule has 0 aliphatic carbocycles. The van der Waals surface area contributed by atoms with Crippen LogP contribution in [0, 0.1) is 0 Å². The monoisotopic (exact) mass is 292 g/mol. The summed E-state index contributed by atoms with van der Waals surface area (Å²) >= 11 is 0. The van der Waals surface area contributed by atoms with Crippen LogP contribution in [0.3, 0.4) is 0 Å². The summed E-state index contributed by atoms with van der Waals surface area (Å²) in [7, 11) is 0. The molecule has 0 N–H and O–H groups in total. The van der Waals surface area contributed by atoms with Crippen molar-refractivity contribution >= 4 is 10.8 Å². The quantitative estimate of drug-likeness (QED) is 0.534. The molecule has 0 atom stereocenters. The van der Waals surface area contributed by atoms with E-state index in [0.29, 0.717) is 0 Å². The SMILES string of the molecule is CCCCOc1ccc(Oc2cccc3ccccc23)cc1. The Hall–Kier alpha value is -2.48. The number of hydrogen-bond acceptors (Lipinski definition) is 2. The van der Waals surface area contributed by atoms with Crippen LogP contribution >= 0.6 is 0 Å². The van der Waals surface area contributed by atoms with Gasteiger partial charge in [-0.1, -0.05) is 49.7 Å². The molecule has 0 heterocycles. The average Bonchev–Trinajstić information content (AvgIpc) is 2.57. The maximum atomic E-state index is 6.02. The molecule has 0 radical (unpaired) electrons. The van der Waals surface area contributed by atoms with E-state index in [9.17, 15) is 0 Å². The lowest BCUT2D eigenvalue weighted by Gasteiger charge is -2.10. The van der Waals surface area contributed by atoms with Gasteiger partial charge in [-0.3, -0.25) is 0 Å². The molecule has 0 fully saturated rings. The number of rotatable bonds is 6. The minimum Gasteiger partial charge on any atom is -0.494 e. The van der Waals surface area contributed by atoms with Crippen molar-refractivity contribution in [1.82, 2.24) is 0 Å². The van der Waals surface area contributed by atoms with Gasteiger partial charge in [0.15, 0.2) is 0 Å². The van der Waals surface area contributed by atoms with E-state index < -0.39 is 0 Å². The van der Waals surface area contributed by atoms with Crippen LogP contribution in [-0.2, 0) is 0 Å². The molecule has 112 valence electrons. The first-order valence-electron chi connectivity index (χ1n) is 7.75. The second-order valence-corrected chi connectivity index (χ2v) is 5.25. The first-order chi connectivity index (χ1) is 10.9. The Kier molecular flexibility index (Phi) is 4.59. The Bertz CT molecular complexity index is 727. The van der Waals surface area contributed by atoms with Crippen LogP contribution in [0.15, 0.2) is 66.7 Å². The standard InChI is InChI=1S/C20H20O2/c1-2-3-15-21-17-11-13-18(14-12-17)22-20-10-6-8-16-7-4-5-9-19(16)20/h4-14H,2-3,15H2,1H3. The van der Waals surface area contributed by atoms with E-state index >= 15 is 0 Å². The fourth-order valence-electron chi connectivity index (χ4n) is 2.35. The predicted octanol–water partition coefficient (Wildman–Crippen LogP) is 5.81. The second-order valence-electron chi connectivity index (χ2n) is 5.25. The highest BCUT2D eigenvalue weighted by atomic mass is 16.5. The smallest absolute Gasteiger partial charge is 0.135 e. The Morgan fingerprint density at radius 1 is 0.773 bits per heavy atom. The third kappa shape index (κ3) is 3.40. The fourth-order valence-corrected chi connectivity index (χ4v) is 2.35. The topological polar surface area (TPSA) is 18.5 Å². The summed E-state index contributed by atoms with van der Waals surface area (Å²) in [5.74, 6) is 2.58. The lowest BCUT2D eigenvalue weighted by molar-refractivity contribution is 0.309. The molecular formula is C20H20O2. The third-order valence-corrected chi connectivity index (χ3v) is 3.57. The Morgan fingerprint density at radius 3 is 2.32 bits per heavy atom. The zero-order valence-electron chi connectivity index (χ0n) is 12.8. The highest BCUT2D eigenvalue weighted by Crippen LogP contribution is 2.30. The van der Waals surface area contributed by atoms with E-state index in [1.54, 1.807) is 0 Å². The Balaban J connectivity index is 1.75. The molecule has 0 amide bonds. The molecule has 0 saturated carbocycles. The lowest BCUT2D eigenvalue weighted by atomic mass is 10.1. The van der Waals surface area contributed by atoms with E-state index in [1.807, 2.05) is 48.5 Å². The number of unbranched alkanes of at least 4 members (excludes halogenated alkanes) is 1. The van der Waals surface area contributed by atoms with Gasteiger partial charge in [-0.2, -0.15) is 0 Å². The van der Waals surface area contributed by atoms with Gasteiger partial charge < -0.3 is 9.47 Å². The van der Waals surface area contributed by atoms with Crippen LogP contribution in [0.25, 0.3) is 10.8 Å². The van der Waals surface area contributed by atoms with Crippen molar-refractivity contribution in [3.63, 3.8) is 0 Å². The largest absolute Gasteiger partial charge is 0.494 e. The molecule has 2 heteroatoms. The third-order valence-electron chi connectivity index (χ3n) is 3.57. The molecule has 2 nitrogen and oxygen atoms in total. The van der Waals surface area contributed by atoms with E-state index in [4.69, 9.17) is 9.47 Å². The minimum absolute atomic E-state index is 0.764. The van der Waals surface area contributed by atoms with E-state index in [-0.39, 0.29) is 0 Å². The summed E-state index contributed by atoms with van der Waals surface area (Å²) < 4.78 is 11.7. The van der Waals surface area contributed by atoms with Crippen molar-refractivity contribution in [3.05, 3.63) is 66.7 Å². The first kappa shape index (κ1) is 14.5. The first-order valence-corrected chi connectivity index (χ1v) is 7.75. The van der Waals surface area contributed by atoms with E-state index in [1.165, 1.54) is 5.39 Å². The molecular weight excluding hydrogens is 272 g/mol. The fraction of sp³-hybridized carbons (Fsp3) is 0.200. The highest BCUT2D eigenvalue weighted by Gasteiger charge is 2.03. The van der Waals surface area contributed by atoms with Gasteiger partial charge in [0.2, 0.25) is 0 Å². The van der Waals surface area contributed by atoms with Gasteiger partial charge in [0.25, 0.3) is 0 Å². The zero-order chi connectivity index (χ0) is 15.2. The zero-order valence-corrected chi connectivity index (χ0v) is 12.8. The van der Waals surface area contributed by atoms with E-state index in [2.05, 4.69) is 25.1 Å². The van der Waals surface area contributed by atoms with Crippen molar-refractivity contribution in [2.75, 3.05) is 6.61 Å². The Labute approximate surface area is 131 Å². The normalized spacial score (nSPS) is 10.6. The maximum absolute atomic E-state index is 6.02. The molecule has 0 spiro atoms. The van der Waals surface area contributed by atoms with Crippen LogP contribution in [-0.4, -0.2) is 6.61 Å². The number of hydrogen-bond donors (Lipinski definition) is 0. The summed E-state index contributed by atoms with van der Waals surface area (Å²) in [5.41, 5.74) is 0. The van der Waals surface area contributed by atoms with Crippen LogP contribution < -0.4 is 9.47 Å². The van der Waals surface area contributed by atoms with Crippen LogP contribution in [0.2, 0.25) is 0 Å². The summed E-state index contributed by atoms with van der Waals surface area (Å²) in [4.78, 5) is 0. The molecule has 0 unspecified atom stereocenters.